The molecule has 1 unspecified atom stereocenters. The van der Waals surface area contributed by atoms with Gasteiger partial charge in [0, 0.05) is 15.4 Å². The van der Waals surface area contributed by atoms with Crippen LogP contribution in [0.2, 0.25) is 0 Å². The van der Waals surface area contributed by atoms with Crippen molar-refractivity contribution in [3.8, 4) is 0 Å². The number of anilines is 1. The van der Waals surface area contributed by atoms with Gasteiger partial charge in [-0.1, -0.05) is 19.1 Å². The van der Waals surface area contributed by atoms with Crippen molar-refractivity contribution in [2.45, 2.75) is 33.2 Å². The van der Waals surface area contributed by atoms with Crippen molar-refractivity contribution < 1.29 is 0 Å². The lowest BCUT2D eigenvalue weighted by molar-refractivity contribution is 0.908. The minimum atomic E-state index is 0.376. The summed E-state index contributed by atoms with van der Waals surface area (Å²) in [6.45, 7) is 6.54. The molecule has 0 fully saturated rings. The summed E-state index contributed by atoms with van der Waals surface area (Å²) in [6, 6.07) is 13.5. The molecule has 2 rings (SSSR count). The van der Waals surface area contributed by atoms with Gasteiger partial charge in [0.25, 0.3) is 0 Å². The molecule has 0 spiro atoms. The quantitative estimate of drug-likeness (QED) is 0.816. The Kier molecular flexibility index (Phi) is 3.85. The monoisotopic (exact) mass is 245 g/mol. The maximum Gasteiger partial charge on any atom is 0.0578 e. The van der Waals surface area contributed by atoms with Gasteiger partial charge in [-0.05, 0) is 50.1 Å². The van der Waals surface area contributed by atoms with Gasteiger partial charge in [0.15, 0.2) is 0 Å². The molecule has 1 N–H and O–H groups in total. The molecule has 1 atom stereocenters. The Hall–Kier alpha value is -1.28. The summed E-state index contributed by atoms with van der Waals surface area (Å²) < 4.78 is 0. The highest BCUT2D eigenvalue weighted by molar-refractivity contribution is 7.12. The van der Waals surface area contributed by atoms with Crippen LogP contribution in [0.3, 0.4) is 0 Å². The molecule has 1 aromatic heterocycles. The van der Waals surface area contributed by atoms with E-state index in [1.165, 1.54) is 21.0 Å². The summed E-state index contributed by atoms with van der Waals surface area (Å²) in [4.78, 5) is 2.76. The lowest BCUT2D eigenvalue weighted by Crippen LogP contribution is -2.04. The van der Waals surface area contributed by atoms with E-state index < -0.39 is 0 Å². The molecule has 0 bridgehead atoms. The van der Waals surface area contributed by atoms with Gasteiger partial charge in [-0.2, -0.15) is 0 Å². The number of hydrogen-bond acceptors (Lipinski definition) is 2. The fourth-order valence-corrected chi connectivity index (χ4v) is 2.72. The van der Waals surface area contributed by atoms with E-state index in [1.54, 1.807) is 0 Å². The Morgan fingerprint density at radius 3 is 2.35 bits per heavy atom. The van der Waals surface area contributed by atoms with E-state index in [0.29, 0.717) is 6.04 Å². The zero-order valence-corrected chi connectivity index (χ0v) is 11.5. The van der Waals surface area contributed by atoms with Crippen LogP contribution in [-0.4, -0.2) is 0 Å². The highest BCUT2D eigenvalue weighted by Gasteiger charge is 2.07. The second-order valence-corrected chi connectivity index (χ2v) is 5.68. The summed E-state index contributed by atoms with van der Waals surface area (Å²) in [6.07, 6.45) is 1.10. The first-order valence-corrected chi connectivity index (χ1v) is 6.92. The zero-order chi connectivity index (χ0) is 12.3. The van der Waals surface area contributed by atoms with Crippen LogP contribution >= 0.6 is 11.3 Å². The molecule has 0 aliphatic rings. The van der Waals surface area contributed by atoms with Crippen molar-refractivity contribution >= 4 is 17.0 Å². The predicted molar refractivity (Wildman–Crippen MR) is 76.9 cm³/mol. The van der Waals surface area contributed by atoms with E-state index in [-0.39, 0.29) is 0 Å². The Morgan fingerprint density at radius 1 is 1.12 bits per heavy atom. The summed E-state index contributed by atoms with van der Waals surface area (Å²) in [7, 11) is 0. The molecular formula is C15H19NS. The van der Waals surface area contributed by atoms with Crippen molar-refractivity contribution in [3.63, 3.8) is 0 Å². The molecule has 1 nitrogen and oxygen atoms in total. The number of rotatable bonds is 4. The van der Waals surface area contributed by atoms with Crippen molar-refractivity contribution in [3.05, 3.63) is 51.7 Å². The van der Waals surface area contributed by atoms with Crippen molar-refractivity contribution in [1.29, 1.82) is 0 Å². The topological polar surface area (TPSA) is 12.0 Å². The highest BCUT2D eigenvalue weighted by Crippen LogP contribution is 2.25. The smallest absolute Gasteiger partial charge is 0.0578 e. The summed E-state index contributed by atoms with van der Waals surface area (Å²) in [5.74, 6) is 0. The Morgan fingerprint density at radius 2 is 1.82 bits per heavy atom. The maximum atomic E-state index is 3.53. The van der Waals surface area contributed by atoms with Crippen LogP contribution in [0.25, 0.3) is 0 Å². The minimum absolute atomic E-state index is 0.376. The lowest BCUT2D eigenvalue weighted by Gasteiger charge is -2.14. The molecule has 0 saturated heterocycles. The molecule has 2 aromatic rings. The lowest BCUT2D eigenvalue weighted by atomic mass is 10.1. The van der Waals surface area contributed by atoms with Crippen molar-refractivity contribution in [1.82, 2.24) is 0 Å². The van der Waals surface area contributed by atoms with Crippen LogP contribution in [0.5, 0.6) is 0 Å². The summed E-state index contributed by atoms with van der Waals surface area (Å²) in [5, 5.41) is 3.53. The van der Waals surface area contributed by atoms with E-state index in [2.05, 4.69) is 62.5 Å². The fourth-order valence-electron chi connectivity index (χ4n) is 1.84. The van der Waals surface area contributed by atoms with Crippen LogP contribution in [0.4, 0.5) is 5.69 Å². The highest BCUT2D eigenvalue weighted by atomic mass is 32.1. The van der Waals surface area contributed by atoms with Crippen LogP contribution in [0, 0.1) is 6.92 Å². The van der Waals surface area contributed by atoms with Crippen LogP contribution in [0.15, 0.2) is 36.4 Å². The van der Waals surface area contributed by atoms with Crippen molar-refractivity contribution in [2.24, 2.45) is 0 Å². The van der Waals surface area contributed by atoms with Gasteiger partial charge in [0.1, 0.15) is 0 Å². The first kappa shape index (κ1) is 12.2. The van der Waals surface area contributed by atoms with Gasteiger partial charge in [-0.3, -0.25) is 0 Å². The third-order valence-corrected chi connectivity index (χ3v) is 4.12. The third kappa shape index (κ3) is 3.10. The van der Waals surface area contributed by atoms with Gasteiger partial charge >= 0.3 is 0 Å². The molecule has 0 amide bonds. The zero-order valence-electron chi connectivity index (χ0n) is 10.7. The Labute approximate surface area is 108 Å². The maximum absolute atomic E-state index is 3.53. The SMILES string of the molecule is CCc1ccc(NC(C)c2ccc(C)s2)cc1. The third-order valence-electron chi connectivity index (χ3n) is 2.93. The molecule has 90 valence electrons. The number of benzene rings is 1. The standard InChI is InChI=1S/C15H19NS/c1-4-13-6-8-14(9-7-13)16-12(3)15-10-5-11(2)17-15/h5-10,12,16H,4H2,1-3H3. The van der Waals surface area contributed by atoms with Gasteiger partial charge < -0.3 is 5.32 Å². The summed E-state index contributed by atoms with van der Waals surface area (Å²) >= 11 is 1.86. The van der Waals surface area contributed by atoms with E-state index in [1.807, 2.05) is 11.3 Å². The van der Waals surface area contributed by atoms with Gasteiger partial charge in [0.2, 0.25) is 0 Å². The Bertz CT molecular complexity index is 470. The van der Waals surface area contributed by atoms with Gasteiger partial charge in [-0.25, -0.2) is 0 Å². The molecule has 2 heteroatoms. The molecule has 0 aliphatic heterocycles. The number of hydrogen-bond donors (Lipinski definition) is 1. The Balaban J connectivity index is 2.04. The molecule has 1 heterocycles. The predicted octanol–water partition coefficient (Wildman–Crippen LogP) is 4.79. The summed E-state index contributed by atoms with van der Waals surface area (Å²) in [5.41, 5.74) is 2.58. The van der Waals surface area contributed by atoms with Crippen LogP contribution in [0.1, 0.15) is 35.2 Å². The molecule has 17 heavy (non-hydrogen) atoms. The number of thiophene rings is 1. The minimum Gasteiger partial charge on any atom is -0.378 e. The molecule has 1 aromatic carbocycles. The largest absolute Gasteiger partial charge is 0.378 e. The molecule has 0 radical (unpaired) electrons. The second-order valence-electron chi connectivity index (χ2n) is 4.36. The molecule has 0 saturated carbocycles. The van der Waals surface area contributed by atoms with Crippen LogP contribution < -0.4 is 5.32 Å². The molecule has 0 aliphatic carbocycles. The van der Waals surface area contributed by atoms with E-state index >= 15 is 0 Å². The van der Waals surface area contributed by atoms with Gasteiger partial charge in [-0.15, -0.1) is 11.3 Å². The average molecular weight is 245 g/mol. The van der Waals surface area contributed by atoms with Crippen LogP contribution in [-0.2, 0) is 6.42 Å². The van der Waals surface area contributed by atoms with Gasteiger partial charge in [0.05, 0.1) is 6.04 Å². The first-order chi connectivity index (χ1) is 8.19. The van der Waals surface area contributed by atoms with E-state index in [0.717, 1.165) is 6.42 Å². The fraction of sp³-hybridized carbons (Fsp3) is 0.333. The average Bonchev–Trinajstić information content (AvgIpc) is 2.77. The normalized spacial score (nSPS) is 12.4. The second kappa shape index (κ2) is 5.37. The van der Waals surface area contributed by atoms with E-state index in [4.69, 9.17) is 0 Å². The van der Waals surface area contributed by atoms with E-state index in [9.17, 15) is 0 Å². The van der Waals surface area contributed by atoms with Crippen molar-refractivity contribution in [2.75, 3.05) is 5.32 Å². The first-order valence-electron chi connectivity index (χ1n) is 6.11. The number of aryl methyl sites for hydroxylation is 2. The molecular weight excluding hydrogens is 226 g/mol. The number of nitrogens with one attached hydrogen (secondary N) is 1.